The fourth-order valence-electron chi connectivity index (χ4n) is 2.28. The van der Waals surface area contributed by atoms with Crippen LogP contribution in [0.5, 0.6) is 11.5 Å². The zero-order valence-corrected chi connectivity index (χ0v) is 12.9. The fourth-order valence-corrected chi connectivity index (χ4v) is 2.28. The van der Waals surface area contributed by atoms with E-state index >= 15 is 0 Å². The number of nitrogens with one attached hydrogen (secondary N) is 1. The Bertz CT molecular complexity index is 578. The fraction of sp³-hybridized carbons (Fsp3) is 0.333. The van der Waals surface area contributed by atoms with Gasteiger partial charge in [-0.15, -0.1) is 0 Å². The maximum Gasteiger partial charge on any atom is 0.160 e. The quantitative estimate of drug-likeness (QED) is 0.848. The van der Waals surface area contributed by atoms with Crippen molar-refractivity contribution in [2.45, 2.75) is 32.9 Å². The zero-order valence-electron chi connectivity index (χ0n) is 12.9. The van der Waals surface area contributed by atoms with Crippen LogP contribution in [-0.2, 0) is 13.0 Å². The van der Waals surface area contributed by atoms with E-state index in [2.05, 4.69) is 43.4 Å². The van der Waals surface area contributed by atoms with Crippen LogP contribution in [0.4, 0.5) is 0 Å². The molecule has 0 spiro atoms. The third-order valence-corrected chi connectivity index (χ3v) is 3.74. The largest absolute Gasteiger partial charge is 0.504 e. The van der Waals surface area contributed by atoms with E-state index < -0.39 is 0 Å². The number of methoxy groups -OCH3 is 1. The molecule has 0 radical (unpaired) electrons. The summed E-state index contributed by atoms with van der Waals surface area (Å²) in [6, 6.07) is 14.4. The van der Waals surface area contributed by atoms with E-state index in [-0.39, 0.29) is 11.8 Å². The Kier molecular flexibility index (Phi) is 5.23. The highest BCUT2D eigenvalue weighted by Gasteiger charge is 2.06. The molecule has 0 heterocycles. The number of phenols is 1. The van der Waals surface area contributed by atoms with Crippen molar-refractivity contribution in [1.82, 2.24) is 5.32 Å². The summed E-state index contributed by atoms with van der Waals surface area (Å²) in [4.78, 5) is 0. The van der Waals surface area contributed by atoms with Gasteiger partial charge >= 0.3 is 0 Å². The molecule has 0 aromatic heterocycles. The first kappa shape index (κ1) is 15.4. The van der Waals surface area contributed by atoms with E-state index in [4.69, 9.17) is 4.74 Å². The maximum atomic E-state index is 9.78. The van der Waals surface area contributed by atoms with Crippen LogP contribution >= 0.6 is 0 Å². The Morgan fingerprint density at radius 1 is 1.10 bits per heavy atom. The van der Waals surface area contributed by atoms with Crippen LogP contribution in [0.25, 0.3) is 0 Å². The first-order chi connectivity index (χ1) is 10.1. The zero-order chi connectivity index (χ0) is 15.2. The molecule has 112 valence electrons. The van der Waals surface area contributed by atoms with E-state index in [9.17, 15) is 5.11 Å². The molecule has 0 amide bonds. The summed E-state index contributed by atoms with van der Waals surface area (Å²) >= 11 is 0. The third kappa shape index (κ3) is 3.99. The van der Waals surface area contributed by atoms with Gasteiger partial charge in [0.25, 0.3) is 0 Å². The highest BCUT2D eigenvalue weighted by molar-refractivity contribution is 5.41. The van der Waals surface area contributed by atoms with Crippen molar-refractivity contribution in [3.8, 4) is 11.5 Å². The lowest BCUT2D eigenvalue weighted by atomic mass is 10.0. The van der Waals surface area contributed by atoms with Gasteiger partial charge in [0.1, 0.15) is 0 Å². The van der Waals surface area contributed by atoms with Gasteiger partial charge in [-0.2, -0.15) is 0 Å². The summed E-state index contributed by atoms with van der Waals surface area (Å²) in [5, 5.41) is 13.2. The number of hydrogen-bond donors (Lipinski definition) is 2. The lowest BCUT2D eigenvalue weighted by Gasteiger charge is -2.15. The van der Waals surface area contributed by atoms with Crippen LogP contribution < -0.4 is 10.1 Å². The van der Waals surface area contributed by atoms with Crippen LogP contribution in [0.3, 0.4) is 0 Å². The minimum absolute atomic E-state index is 0.178. The second-order valence-electron chi connectivity index (χ2n) is 5.20. The number of rotatable bonds is 6. The predicted molar refractivity (Wildman–Crippen MR) is 85.7 cm³/mol. The molecule has 3 nitrogen and oxygen atoms in total. The standard InChI is InChI=1S/C18H23NO2/c1-4-14-5-8-16(9-6-14)13(2)19-12-15-7-10-18(21-3)17(20)11-15/h5-11,13,19-20H,4,12H2,1-3H3. The first-order valence-electron chi connectivity index (χ1n) is 7.32. The van der Waals surface area contributed by atoms with Crippen LogP contribution in [0.1, 0.15) is 36.6 Å². The Morgan fingerprint density at radius 2 is 1.76 bits per heavy atom. The van der Waals surface area contributed by atoms with E-state index in [0.29, 0.717) is 12.3 Å². The van der Waals surface area contributed by atoms with Crippen LogP contribution in [0.2, 0.25) is 0 Å². The van der Waals surface area contributed by atoms with Crippen molar-refractivity contribution in [3.05, 3.63) is 59.2 Å². The second kappa shape index (κ2) is 7.14. The van der Waals surface area contributed by atoms with E-state index in [1.165, 1.54) is 11.1 Å². The van der Waals surface area contributed by atoms with Gasteiger partial charge in [0.05, 0.1) is 7.11 Å². The molecule has 0 saturated carbocycles. The second-order valence-corrected chi connectivity index (χ2v) is 5.20. The summed E-state index contributed by atoms with van der Waals surface area (Å²) in [6.07, 6.45) is 1.06. The SMILES string of the molecule is CCc1ccc(C(C)NCc2ccc(OC)c(O)c2)cc1. The van der Waals surface area contributed by atoms with Crippen molar-refractivity contribution in [2.24, 2.45) is 0 Å². The molecule has 2 aromatic rings. The minimum atomic E-state index is 0.178. The van der Waals surface area contributed by atoms with E-state index in [0.717, 1.165) is 12.0 Å². The maximum absolute atomic E-state index is 9.78. The first-order valence-corrected chi connectivity index (χ1v) is 7.32. The van der Waals surface area contributed by atoms with Crippen molar-refractivity contribution in [1.29, 1.82) is 0 Å². The molecule has 2 rings (SSSR count). The summed E-state index contributed by atoms with van der Waals surface area (Å²) in [5.74, 6) is 0.679. The molecule has 3 heteroatoms. The van der Waals surface area contributed by atoms with Gasteiger partial charge in [-0.3, -0.25) is 0 Å². The monoisotopic (exact) mass is 285 g/mol. The minimum Gasteiger partial charge on any atom is -0.504 e. The van der Waals surface area contributed by atoms with Gasteiger partial charge in [0.2, 0.25) is 0 Å². The smallest absolute Gasteiger partial charge is 0.160 e. The number of benzene rings is 2. The lowest BCUT2D eigenvalue weighted by molar-refractivity contribution is 0.373. The summed E-state index contributed by atoms with van der Waals surface area (Å²) in [7, 11) is 1.55. The number of ether oxygens (including phenoxy) is 1. The normalized spacial score (nSPS) is 12.1. The molecule has 0 fully saturated rings. The van der Waals surface area contributed by atoms with Gasteiger partial charge in [-0.25, -0.2) is 0 Å². The number of aryl methyl sites for hydroxylation is 1. The summed E-state index contributed by atoms with van der Waals surface area (Å²) in [6.45, 7) is 5.01. The number of phenolic OH excluding ortho intramolecular Hbond substituents is 1. The molecule has 1 atom stereocenters. The van der Waals surface area contributed by atoms with Gasteiger partial charge < -0.3 is 15.2 Å². The van der Waals surface area contributed by atoms with Gasteiger partial charge in [0.15, 0.2) is 11.5 Å². The Labute approximate surface area is 126 Å². The van der Waals surface area contributed by atoms with Crippen LogP contribution in [-0.4, -0.2) is 12.2 Å². The highest BCUT2D eigenvalue weighted by Crippen LogP contribution is 2.26. The molecule has 2 aromatic carbocycles. The average molecular weight is 285 g/mol. The molecule has 0 aliphatic carbocycles. The highest BCUT2D eigenvalue weighted by atomic mass is 16.5. The molecule has 0 bridgehead atoms. The molecule has 1 unspecified atom stereocenters. The Balaban J connectivity index is 1.96. The van der Waals surface area contributed by atoms with Gasteiger partial charge in [-0.05, 0) is 42.2 Å². The molecule has 2 N–H and O–H groups in total. The van der Waals surface area contributed by atoms with Crippen molar-refractivity contribution >= 4 is 0 Å². The molecule has 0 aliphatic heterocycles. The van der Waals surface area contributed by atoms with Crippen LogP contribution in [0, 0.1) is 0 Å². The molecule has 0 aliphatic rings. The van der Waals surface area contributed by atoms with Crippen molar-refractivity contribution in [2.75, 3.05) is 7.11 Å². The topological polar surface area (TPSA) is 41.5 Å². The number of hydrogen-bond acceptors (Lipinski definition) is 3. The molecule has 21 heavy (non-hydrogen) atoms. The Hall–Kier alpha value is -2.00. The van der Waals surface area contributed by atoms with Crippen molar-refractivity contribution < 1.29 is 9.84 Å². The summed E-state index contributed by atoms with van der Waals surface area (Å²) < 4.78 is 5.05. The predicted octanol–water partition coefficient (Wildman–Crippen LogP) is 3.81. The van der Waals surface area contributed by atoms with E-state index in [1.54, 1.807) is 19.2 Å². The molecular weight excluding hydrogens is 262 g/mol. The molecular formula is C18H23NO2. The number of aromatic hydroxyl groups is 1. The van der Waals surface area contributed by atoms with Gasteiger partial charge in [0, 0.05) is 12.6 Å². The third-order valence-electron chi connectivity index (χ3n) is 3.74. The van der Waals surface area contributed by atoms with E-state index in [1.807, 2.05) is 6.07 Å². The Morgan fingerprint density at radius 3 is 2.33 bits per heavy atom. The average Bonchev–Trinajstić information content (AvgIpc) is 2.52. The van der Waals surface area contributed by atoms with Crippen LogP contribution in [0.15, 0.2) is 42.5 Å². The van der Waals surface area contributed by atoms with Gasteiger partial charge in [-0.1, -0.05) is 37.3 Å². The summed E-state index contributed by atoms with van der Waals surface area (Å²) in [5.41, 5.74) is 3.65. The molecule has 0 saturated heterocycles. The lowest BCUT2D eigenvalue weighted by Crippen LogP contribution is -2.18. The van der Waals surface area contributed by atoms with Crippen molar-refractivity contribution in [3.63, 3.8) is 0 Å².